The van der Waals surface area contributed by atoms with Crippen molar-refractivity contribution in [3.05, 3.63) is 0 Å². The Bertz CT molecular complexity index is 365. The molecule has 5 heteroatoms. The van der Waals surface area contributed by atoms with Crippen molar-refractivity contribution in [1.82, 2.24) is 10.2 Å². The summed E-state index contributed by atoms with van der Waals surface area (Å²) < 4.78 is 5.41. The molecule has 0 aromatic heterocycles. The Hall–Kier alpha value is -1.26. The van der Waals surface area contributed by atoms with E-state index < -0.39 is 5.60 Å². The second-order valence-corrected chi connectivity index (χ2v) is 6.33. The average molecular weight is 254 g/mol. The lowest BCUT2D eigenvalue weighted by Gasteiger charge is -2.53. The number of rotatable bonds is 0. The maximum atomic E-state index is 12.1. The summed E-state index contributed by atoms with van der Waals surface area (Å²) >= 11 is 0. The van der Waals surface area contributed by atoms with Gasteiger partial charge in [0.05, 0.1) is 18.0 Å². The lowest BCUT2D eigenvalue weighted by Crippen LogP contribution is -2.72. The zero-order valence-electron chi connectivity index (χ0n) is 11.6. The molecule has 18 heavy (non-hydrogen) atoms. The number of hydrogen-bond acceptors (Lipinski definition) is 3. The lowest BCUT2D eigenvalue weighted by molar-refractivity contribution is -0.138. The van der Waals surface area contributed by atoms with E-state index in [1.807, 2.05) is 27.7 Å². The number of nitrogens with one attached hydrogen (secondary N) is 1. The van der Waals surface area contributed by atoms with Gasteiger partial charge in [-0.3, -0.25) is 4.79 Å². The van der Waals surface area contributed by atoms with Crippen molar-refractivity contribution in [3.63, 3.8) is 0 Å². The van der Waals surface area contributed by atoms with Gasteiger partial charge in [-0.15, -0.1) is 0 Å². The molecule has 2 aliphatic rings. The molecular weight excluding hydrogens is 232 g/mol. The molecular formula is C13H22N2O3. The normalized spacial score (nSPS) is 31.9. The van der Waals surface area contributed by atoms with Crippen LogP contribution in [-0.2, 0) is 9.53 Å². The average Bonchev–Trinajstić information content (AvgIpc) is 2.16. The van der Waals surface area contributed by atoms with Gasteiger partial charge in [0.2, 0.25) is 5.91 Å². The van der Waals surface area contributed by atoms with Crippen LogP contribution in [0.3, 0.4) is 0 Å². The molecule has 2 heterocycles. The molecule has 5 nitrogen and oxygen atoms in total. The van der Waals surface area contributed by atoms with E-state index in [0.717, 1.165) is 12.8 Å². The molecule has 2 atom stereocenters. The van der Waals surface area contributed by atoms with Gasteiger partial charge in [-0.1, -0.05) is 0 Å². The summed E-state index contributed by atoms with van der Waals surface area (Å²) in [6.45, 7) is 8.28. The quantitative estimate of drug-likeness (QED) is 0.669. The third-order valence-electron chi connectivity index (χ3n) is 3.78. The predicted octanol–water partition coefficient (Wildman–Crippen LogP) is 1.66. The van der Waals surface area contributed by atoms with E-state index >= 15 is 0 Å². The molecule has 0 bridgehead atoms. The van der Waals surface area contributed by atoms with E-state index in [1.165, 1.54) is 0 Å². The van der Waals surface area contributed by atoms with Crippen LogP contribution in [0.1, 0.15) is 47.0 Å². The minimum Gasteiger partial charge on any atom is -0.444 e. The first-order valence-electron chi connectivity index (χ1n) is 6.54. The standard InChI is InChI=1S/C13H22N2O3/c1-9-13(8-10(16)14-13)6-5-7-15(9)11(17)18-12(2,3)4/h9H,5-8H2,1-4H3,(H,14,16). The predicted molar refractivity (Wildman–Crippen MR) is 67.1 cm³/mol. The lowest BCUT2D eigenvalue weighted by atomic mass is 9.74. The molecule has 2 amide bonds. The number of β-lactam (4-membered cyclic amide) rings is 1. The third kappa shape index (κ3) is 2.31. The Morgan fingerprint density at radius 2 is 2.11 bits per heavy atom. The number of hydrogen-bond donors (Lipinski definition) is 1. The van der Waals surface area contributed by atoms with Crippen molar-refractivity contribution >= 4 is 12.0 Å². The van der Waals surface area contributed by atoms with Crippen molar-refractivity contribution in [2.24, 2.45) is 0 Å². The van der Waals surface area contributed by atoms with Crippen LogP contribution in [0, 0.1) is 0 Å². The van der Waals surface area contributed by atoms with Crippen molar-refractivity contribution in [2.45, 2.75) is 64.1 Å². The number of ether oxygens (including phenoxy) is 1. The molecule has 0 aromatic rings. The van der Waals surface area contributed by atoms with Gasteiger partial charge < -0.3 is 15.0 Å². The Morgan fingerprint density at radius 3 is 2.61 bits per heavy atom. The van der Waals surface area contributed by atoms with Crippen LogP contribution >= 0.6 is 0 Å². The van der Waals surface area contributed by atoms with Crippen LogP contribution < -0.4 is 5.32 Å². The maximum absolute atomic E-state index is 12.1. The van der Waals surface area contributed by atoms with E-state index in [-0.39, 0.29) is 23.6 Å². The highest BCUT2D eigenvalue weighted by atomic mass is 16.6. The molecule has 0 aliphatic carbocycles. The van der Waals surface area contributed by atoms with Crippen molar-refractivity contribution in [1.29, 1.82) is 0 Å². The van der Waals surface area contributed by atoms with Gasteiger partial charge in [0.25, 0.3) is 0 Å². The zero-order valence-corrected chi connectivity index (χ0v) is 11.6. The first kappa shape index (κ1) is 13.2. The van der Waals surface area contributed by atoms with Gasteiger partial charge in [0, 0.05) is 6.54 Å². The highest BCUT2D eigenvalue weighted by molar-refractivity contribution is 5.85. The van der Waals surface area contributed by atoms with Crippen molar-refractivity contribution in [3.8, 4) is 0 Å². The third-order valence-corrected chi connectivity index (χ3v) is 3.78. The monoisotopic (exact) mass is 254 g/mol. The topological polar surface area (TPSA) is 58.6 Å². The molecule has 2 saturated heterocycles. The highest BCUT2D eigenvalue weighted by Gasteiger charge is 2.52. The first-order chi connectivity index (χ1) is 8.23. The summed E-state index contributed by atoms with van der Waals surface area (Å²) in [5.41, 5.74) is -0.698. The van der Waals surface area contributed by atoms with Crippen LogP contribution in [0.25, 0.3) is 0 Å². The molecule has 1 spiro atoms. The van der Waals surface area contributed by atoms with Crippen molar-refractivity contribution < 1.29 is 14.3 Å². The number of likely N-dealkylation sites (tertiary alicyclic amines) is 1. The molecule has 2 fully saturated rings. The first-order valence-corrected chi connectivity index (χ1v) is 6.54. The summed E-state index contributed by atoms with van der Waals surface area (Å²) in [5.74, 6) is 0.0767. The molecule has 2 aliphatic heterocycles. The van der Waals surface area contributed by atoms with Gasteiger partial charge >= 0.3 is 6.09 Å². The second-order valence-electron chi connectivity index (χ2n) is 6.33. The van der Waals surface area contributed by atoms with E-state index in [9.17, 15) is 9.59 Å². The van der Waals surface area contributed by atoms with Gasteiger partial charge in [0.15, 0.2) is 0 Å². The van der Waals surface area contributed by atoms with Gasteiger partial charge in [-0.25, -0.2) is 4.79 Å². The molecule has 2 rings (SSSR count). The number of carbonyl (C=O) groups is 2. The summed E-state index contributed by atoms with van der Waals surface area (Å²) in [6, 6.07) is -0.00111. The van der Waals surface area contributed by atoms with Crippen LogP contribution in [0.4, 0.5) is 4.79 Å². The van der Waals surface area contributed by atoms with Crippen LogP contribution in [0.15, 0.2) is 0 Å². The molecule has 0 aromatic carbocycles. The molecule has 1 N–H and O–H groups in total. The number of piperidine rings is 1. The van der Waals surface area contributed by atoms with Crippen LogP contribution in [-0.4, -0.2) is 40.6 Å². The van der Waals surface area contributed by atoms with Crippen LogP contribution in [0.5, 0.6) is 0 Å². The molecule has 102 valence electrons. The highest BCUT2D eigenvalue weighted by Crippen LogP contribution is 2.36. The largest absolute Gasteiger partial charge is 0.444 e. The summed E-state index contributed by atoms with van der Waals surface area (Å²) in [7, 11) is 0. The Kier molecular flexibility index (Phi) is 3.03. The SMILES string of the molecule is CC1N(C(=O)OC(C)(C)C)CCCC12CC(=O)N2. The number of nitrogens with zero attached hydrogens (tertiary/aromatic N) is 1. The van der Waals surface area contributed by atoms with Gasteiger partial charge in [-0.05, 0) is 40.5 Å². The summed E-state index contributed by atoms with van der Waals surface area (Å²) in [4.78, 5) is 25.0. The molecule has 2 unspecified atom stereocenters. The van der Waals surface area contributed by atoms with E-state index in [1.54, 1.807) is 4.90 Å². The van der Waals surface area contributed by atoms with Crippen molar-refractivity contribution in [2.75, 3.05) is 6.54 Å². The maximum Gasteiger partial charge on any atom is 0.410 e. The second kappa shape index (κ2) is 4.14. The fourth-order valence-corrected chi connectivity index (χ4v) is 2.78. The number of amides is 2. The van der Waals surface area contributed by atoms with Gasteiger partial charge in [0.1, 0.15) is 5.60 Å². The fraction of sp³-hybridized carbons (Fsp3) is 0.846. The number of carbonyl (C=O) groups excluding carboxylic acids is 2. The Labute approximate surface area is 108 Å². The van der Waals surface area contributed by atoms with Crippen LogP contribution in [0.2, 0.25) is 0 Å². The minimum absolute atomic E-state index is 0.00111. The van der Waals surface area contributed by atoms with E-state index in [4.69, 9.17) is 4.74 Å². The Balaban J connectivity index is 2.05. The minimum atomic E-state index is -0.482. The van der Waals surface area contributed by atoms with Gasteiger partial charge in [-0.2, -0.15) is 0 Å². The molecule has 0 radical (unpaired) electrons. The summed E-state index contributed by atoms with van der Waals surface area (Å²) in [6.07, 6.45) is 2.09. The fourth-order valence-electron chi connectivity index (χ4n) is 2.78. The Morgan fingerprint density at radius 1 is 1.50 bits per heavy atom. The van der Waals surface area contributed by atoms with E-state index in [2.05, 4.69) is 5.32 Å². The molecule has 0 saturated carbocycles. The summed E-state index contributed by atoms with van der Waals surface area (Å²) in [5, 5.41) is 2.97. The smallest absolute Gasteiger partial charge is 0.410 e. The van der Waals surface area contributed by atoms with E-state index in [0.29, 0.717) is 13.0 Å². The zero-order chi connectivity index (χ0) is 13.6.